The quantitative estimate of drug-likeness (QED) is 0.743. The van der Waals surface area contributed by atoms with Crippen LogP contribution in [0.5, 0.6) is 5.75 Å². The molecule has 0 spiro atoms. The molecule has 1 saturated carbocycles. The van der Waals surface area contributed by atoms with E-state index in [4.69, 9.17) is 14.5 Å². The lowest BCUT2D eigenvalue weighted by molar-refractivity contribution is -0.129. The average molecular weight is 368 g/mol. The zero-order valence-corrected chi connectivity index (χ0v) is 16.3. The molecule has 1 fully saturated rings. The fourth-order valence-electron chi connectivity index (χ4n) is 4.04. The molecule has 0 heterocycles. The Morgan fingerprint density at radius 1 is 1.32 bits per heavy atom. The Labute approximate surface area is 149 Å². The van der Waals surface area contributed by atoms with Gasteiger partial charge in [-0.3, -0.25) is 9.36 Å². The van der Waals surface area contributed by atoms with E-state index in [1.807, 2.05) is 19.1 Å². The van der Waals surface area contributed by atoms with Crippen LogP contribution in [0.4, 0.5) is 0 Å². The van der Waals surface area contributed by atoms with Crippen LogP contribution in [-0.4, -0.2) is 21.9 Å². The van der Waals surface area contributed by atoms with E-state index in [-0.39, 0.29) is 5.92 Å². The molecule has 2 N–H and O–H groups in total. The van der Waals surface area contributed by atoms with Gasteiger partial charge in [0.25, 0.3) is 0 Å². The van der Waals surface area contributed by atoms with E-state index in [0.717, 1.165) is 18.4 Å². The first kappa shape index (κ1) is 20.2. The summed E-state index contributed by atoms with van der Waals surface area (Å²) in [6, 6.07) is 5.55. The monoisotopic (exact) mass is 368 g/mol. The molecule has 0 amide bonds. The number of carbonyl (C=O) groups is 1. The molecule has 25 heavy (non-hydrogen) atoms. The summed E-state index contributed by atoms with van der Waals surface area (Å²) in [4.78, 5) is 30.0. The lowest BCUT2D eigenvalue weighted by atomic mass is 9.66. The van der Waals surface area contributed by atoms with Crippen molar-refractivity contribution < 1.29 is 23.9 Å². The fourth-order valence-corrected chi connectivity index (χ4v) is 4.36. The number of carbonyl (C=O) groups excluding carboxylic acids is 1. The van der Waals surface area contributed by atoms with Crippen LogP contribution in [-0.2, 0) is 15.8 Å². The molecule has 6 heteroatoms. The molecule has 0 saturated heterocycles. The molecule has 3 unspecified atom stereocenters. The SMILES string of the molecule is Cc1cc(OCP(=O)(O)O)ccc1CC1CCC(=O)C(C(C)C)C1C. The van der Waals surface area contributed by atoms with Crippen molar-refractivity contribution in [1.82, 2.24) is 0 Å². The van der Waals surface area contributed by atoms with E-state index in [9.17, 15) is 9.36 Å². The van der Waals surface area contributed by atoms with Crippen molar-refractivity contribution in [2.75, 3.05) is 6.35 Å². The number of ketones is 1. The maximum absolute atomic E-state index is 12.2. The number of hydrogen-bond acceptors (Lipinski definition) is 3. The van der Waals surface area contributed by atoms with Gasteiger partial charge in [-0.05, 0) is 60.8 Å². The van der Waals surface area contributed by atoms with Crippen LogP contribution < -0.4 is 4.74 Å². The van der Waals surface area contributed by atoms with Gasteiger partial charge in [-0.2, -0.15) is 0 Å². The summed E-state index contributed by atoms with van der Waals surface area (Å²) < 4.78 is 16.1. The summed E-state index contributed by atoms with van der Waals surface area (Å²) in [5, 5.41) is 0. The standard InChI is InChI=1S/C19H29O5P/c1-12(2)19-14(4)16(6-8-18(19)20)10-15-5-7-17(9-13(15)3)24-11-25(21,22)23/h5,7,9,12,14,16,19H,6,8,10-11H2,1-4H3,(H2,21,22,23). The summed E-state index contributed by atoms with van der Waals surface area (Å²) >= 11 is 0. The minimum absolute atomic E-state index is 0.143. The normalized spacial score (nSPS) is 24.6. The lowest BCUT2D eigenvalue weighted by Gasteiger charge is -2.37. The Morgan fingerprint density at radius 3 is 2.56 bits per heavy atom. The highest BCUT2D eigenvalue weighted by Gasteiger charge is 2.37. The Bertz CT molecular complexity index is 664. The van der Waals surface area contributed by atoms with E-state index in [2.05, 4.69) is 20.8 Å². The number of Topliss-reactive ketones (excluding diaryl/α,β-unsaturated/α-hetero) is 1. The fraction of sp³-hybridized carbons (Fsp3) is 0.632. The van der Waals surface area contributed by atoms with Crippen molar-refractivity contribution >= 4 is 13.4 Å². The number of aryl methyl sites for hydroxylation is 1. The van der Waals surface area contributed by atoms with Gasteiger partial charge in [0.05, 0.1) is 0 Å². The lowest BCUT2D eigenvalue weighted by Crippen LogP contribution is -2.37. The van der Waals surface area contributed by atoms with Crippen molar-refractivity contribution in [2.24, 2.45) is 23.7 Å². The van der Waals surface area contributed by atoms with Crippen LogP contribution in [0.25, 0.3) is 0 Å². The molecule has 1 aliphatic rings. The van der Waals surface area contributed by atoms with Gasteiger partial charge in [-0.15, -0.1) is 0 Å². The minimum Gasteiger partial charge on any atom is -0.481 e. The van der Waals surface area contributed by atoms with E-state index in [0.29, 0.717) is 35.7 Å². The summed E-state index contributed by atoms with van der Waals surface area (Å²) in [5.74, 6) is 2.23. The van der Waals surface area contributed by atoms with Gasteiger partial charge in [0.2, 0.25) is 0 Å². The molecule has 1 aromatic carbocycles. The second-order valence-corrected chi connectivity index (χ2v) is 9.21. The Balaban J connectivity index is 2.07. The predicted octanol–water partition coefficient (Wildman–Crippen LogP) is 3.94. The highest BCUT2D eigenvalue weighted by Crippen LogP contribution is 2.39. The van der Waals surface area contributed by atoms with Crippen LogP contribution in [0.3, 0.4) is 0 Å². The third-order valence-corrected chi connectivity index (χ3v) is 5.82. The van der Waals surface area contributed by atoms with Crippen LogP contribution in [0.15, 0.2) is 18.2 Å². The maximum Gasteiger partial charge on any atom is 0.362 e. The number of benzene rings is 1. The molecule has 5 nitrogen and oxygen atoms in total. The van der Waals surface area contributed by atoms with Crippen molar-refractivity contribution in [2.45, 2.75) is 47.0 Å². The Kier molecular flexibility index (Phi) is 6.47. The molecule has 3 atom stereocenters. The van der Waals surface area contributed by atoms with E-state index in [1.54, 1.807) is 6.07 Å². The summed E-state index contributed by atoms with van der Waals surface area (Å²) in [7, 11) is -4.17. The first-order valence-electron chi connectivity index (χ1n) is 8.88. The van der Waals surface area contributed by atoms with Gasteiger partial charge in [0.1, 0.15) is 11.5 Å². The number of ether oxygens (including phenoxy) is 1. The zero-order valence-electron chi connectivity index (χ0n) is 15.4. The van der Waals surface area contributed by atoms with Crippen molar-refractivity contribution in [3.63, 3.8) is 0 Å². The second-order valence-electron chi connectivity index (χ2n) is 7.62. The molecule has 140 valence electrons. The number of hydrogen-bond donors (Lipinski definition) is 2. The van der Waals surface area contributed by atoms with Gasteiger partial charge in [-0.1, -0.05) is 26.8 Å². The number of rotatable bonds is 6. The molecule has 0 aromatic heterocycles. The van der Waals surface area contributed by atoms with Crippen molar-refractivity contribution in [3.05, 3.63) is 29.3 Å². The van der Waals surface area contributed by atoms with E-state index in [1.165, 1.54) is 5.56 Å². The molecule has 2 rings (SSSR count). The van der Waals surface area contributed by atoms with Crippen LogP contribution in [0, 0.1) is 30.6 Å². The first-order chi connectivity index (χ1) is 11.6. The molecule has 0 bridgehead atoms. The first-order valence-corrected chi connectivity index (χ1v) is 10.7. The van der Waals surface area contributed by atoms with Gasteiger partial charge in [-0.25, -0.2) is 0 Å². The Morgan fingerprint density at radius 2 is 2.00 bits per heavy atom. The van der Waals surface area contributed by atoms with Crippen LogP contribution >= 0.6 is 7.60 Å². The summed E-state index contributed by atoms with van der Waals surface area (Å²) in [5.41, 5.74) is 2.26. The summed E-state index contributed by atoms with van der Waals surface area (Å²) in [6.45, 7) is 8.43. The van der Waals surface area contributed by atoms with Crippen LogP contribution in [0.1, 0.15) is 44.7 Å². The van der Waals surface area contributed by atoms with Crippen molar-refractivity contribution in [1.29, 1.82) is 0 Å². The highest BCUT2D eigenvalue weighted by molar-refractivity contribution is 7.51. The van der Waals surface area contributed by atoms with E-state index < -0.39 is 13.9 Å². The molecular formula is C19H29O5P. The van der Waals surface area contributed by atoms with Gasteiger partial charge >= 0.3 is 7.60 Å². The third kappa shape index (κ3) is 5.40. The average Bonchev–Trinajstić information content (AvgIpc) is 2.49. The smallest absolute Gasteiger partial charge is 0.362 e. The summed E-state index contributed by atoms with van der Waals surface area (Å²) in [6.07, 6.45) is 1.91. The van der Waals surface area contributed by atoms with Crippen molar-refractivity contribution in [3.8, 4) is 5.75 Å². The predicted molar refractivity (Wildman–Crippen MR) is 97.6 cm³/mol. The van der Waals surface area contributed by atoms with E-state index >= 15 is 0 Å². The minimum atomic E-state index is -4.17. The molecule has 0 radical (unpaired) electrons. The Hall–Kier alpha value is -1.16. The van der Waals surface area contributed by atoms with Gasteiger partial charge in [0.15, 0.2) is 6.35 Å². The highest BCUT2D eigenvalue weighted by atomic mass is 31.2. The van der Waals surface area contributed by atoms with Gasteiger partial charge < -0.3 is 14.5 Å². The second kappa shape index (κ2) is 8.03. The zero-order chi connectivity index (χ0) is 18.8. The van der Waals surface area contributed by atoms with Gasteiger partial charge in [0, 0.05) is 12.3 Å². The third-order valence-electron chi connectivity index (χ3n) is 5.36. The molecule has 1 aliphatic carbocycles. The maximum atomic E-state index is 12.2. The van der Waals surface area contributed by atoms with Crippen LogP contribution in [0.2, 0.25) is 0 Å². The topological polar surface area (TPSA) is 83.8 Å². The molecule has 1 aromatic rings. The largest absolute Gasteiger partial charge is 0.481 e. The molecular weight excluding hydrogens is 339 g/mol. The molecule has 0 aliphatic heterocycles.